The number of nitrogens with one attached hydrogen (secondary N) is 1. The van der Waals surface area contributed by atoms with Crippen LogP contribution in [0.15, 0.2) is 72.8 Å². The van der Waals surface area contributed by atoms with Crippen molar-refractivity contribution in [2.24, 2.45) is 0 Å². The van der Waals surface area contributed by atoms with Crippen LogP contribution in [-0.2, 0) is 14.3 Å². The van der Waals surface area contributed by atoms with Gasteiger partial charge in [-0.05, 0) is 34.4 Å². The molecule has 0 atom stereocenters. The maximum atomic E-state index is 12.4. The third-order valence-corrected chi connectivity index (χ3v) is 5.95. The number of carboxylic acids is 1. The molecule has 0 saturated carbocycles. The van der Waals surface area contributed by atoms with Crippen molar-refractivity contribution in [1.29, 1.82) is 0 Å². The van der Waals surface area contributed by atoms with Crippen molar-refractivity contribution in [3.05, 3.63) is 89.5 Å². The molecule has 180 valence electrons. The molecule has 0 bridgehead atoms. The molecule has 2 amide bonds. The van der Waals surface area contributed by atoms with Crippen molar-refractivity contribution in [2.75, 3.05) is 38.3 Å². The number of rotatable bonds is 9. The highest BCUT2D eigenvalue weighted by atomic mass is 16.5. The number of carbonyl (C=O) groups excluding carboxylic acids is 2. The van der Waals surface area contributed by atoms with Crippen molar-refractivity contribution in [3.63, 3.8) is 0 Å². The highest BCUT2D eigenvalue weighted by Crippen LogP contribution is 2.44. The van der Waals surface area contributed by atoms with E-state index in [1.54, 1.807) is 18.2 Å². The van der Waals surface area contributed by atoms with Crippen LogP contribution in [0.25, 0.3) is 11.1 Å². The van der Waals surface area contributed by atoms with Gasteiger partial charge in [0.15, 0.2) is 0 Å². The molecule has 8 heteroatoms. The first-order chi connectivity index (χ1) is 17.0. The molecule has 8 nitrogen and oxygen atoms in total. The van der Waals surface area contributed by atoms with Gasteiger partial charge in [0.2, 0.25) is 0 Å². The van der Waals surface area contributed by atoms with Crippen molar-refractivity contribution in [1.82, 2.24) is 5.32 Å². The lowest BCUT2D eigenvalue weighted by molar-refractivity contribution is -0.122. The van der Waals surface area contributed by atoms with Crippen LogP contribution < -0.4 is 10.2 Å². The fourth-order valence-electron chi connectivity index (χ4n) is 4.21. The lowest BCUT2D eigenvalue weighted by atomic mass is 9.98. The van der Waals surface area contributed by atoms with Gasteiger partial charge >= 0.3 is 12.1 Å². The summed E-state index contributed by atoms with van der Waals surface area (Å²) in [6.45, 7) is 0.230. The van der Waals surface area contributed by atoms with E-state index in [9.17, 15) is 19.5 Å². The molecule has 0 aromatic heterocycles. The van der Waals surface area contributed by atoms with Gasteiger partial charge in [-0.1, -0.05) is 60.7 Å². The first-order valence-corrected chi connectivity index (χ1v) is 11.2. The molecule has 0 unspecified atom stereocenters. The Kier molecular flexibility index (Phi) is 7.42. The molecular weight excluding hydrogens is 448 g/mol. The summed E-state index contributed by atoms with van der Waals surface area (Å²) in [6, 6.07) is 22.5. The van der Waals surface area contributed by atoms with Gasteiger partial charge in [0.1, 0.15) is 13.2 Å². The van der Waals surface area contributed by atoms with Gasteiger partial charge < -0.3 is 24.8 Å². The lowest BCUT2D eigenvalue weighted by Crippen LogP contribution is -2.33. The van der Waals surface area contributed by atoms with Gasteiger partial charge in [-0.3, -0.25) is 4.79 Å². The number of carbonyl (C=O) groups is 3. The minimum absolute atomic E-state index is 0.0220. The van der Waals surface area contributed by atoms with Gasteiger partial charge in [-0.2, -0.15) is 0 Å². The second-order valence-electron chi connectivity index (χ2n) is 8.08. The second-order valence-corrected chi connectivity index (χ2v) is 8.08. The van der Waals surface area contributed by atoms with Crippen molar-refractivity contribution in [2.45, 2.75) is 5.92 Å². The number of nitrogens with zero attached hydrogens (tertiary/aromatic N) is 1. The topological polar surface area (TPSA) is 105 Å². The Morgan fingerprint density at radius 2 is 1.51 bits per heavy atom. The molecule has 0 spiro atoms. The fraction of sp³-hybridized carbons (Fsp3) is 0.222. The van der Waals surface area contributed by atoms with E-state index in [1.165, 1.54) is 18.0 Å². The number of hydrogen-bond acceptors (Lipinski definition) is 5. The number of carboxylic acid groups (broad SMARTS) is 1. The summed E-state index contributed by atoms with van der Waals surface area (Å²) in [4.78, 5) is 37.1. The van der Waals surface area contributed by atoms with E-state index in [2.05, 4.69) is 29.6 Å². The molecule has 35 heavy (non-hydrogen) atoms. The van der Waals surface area contributed by atoms with E-state index in [0.717, 1.165) is 22.3 Å². The zero-order valence-electron chi connectivity index (χ0n) is 19.3. The van der Waals surface area contributed by atoms with E-state index < -0.39 is 18.0 Å². The number of fused-ring (bicyclic) bond motifs is 3. The summed E-state index contributed by atoms with van der Waals surface area (Å²) in [5, 5.41) is 11.9. The van der Waals surface area contributed by atoms with Crippen molar-refractivity contribution < 1.29 is 29.0 Å². The first kappa shape index (κ1) is 24.0. The molecule has 1 aliphatic carbocycles. The molecule has 1 aliphatic rings. The van der Waals surface area contributed by atoms with Crippen LogP contribution >= 0.6 is 0 Å². The van der Waals surface area contributed by atoms with Gasteiger partial charge in [-0.25, -0.2) is 9.59 Å². The Morgan fingerprint density at radius 3 is 2.17 bits per heavy atom. The predicted molar refractivity (Wildman–Crippen MR) is 131 cm³/mol. The molecule has 0 radical (unpaired) electrons. The van der Waals surface area contributed by atoms with Crippen molar-refractivity contribution in [3.8, 4) is 11.1 Å². The molecule has 2 N–H and O–H groups in total. The Morgan fingerprint density at radius 1 is 0.914 bits per heavy atom. The van der Waals surface area contributed by atoms with Crippen LogP contribution in [0.4, 0.5) is 10.5 Å². The van der Waals surface area contributed by atoms with Crippen LogP contribution in [-0.4, -0.2) is 56.5 Å². The lowest BCUT2D eigenvalue weighted by Gasteiger charge is -2.19. The number of likely N-dealkylation sites (N-methyl/N-ethyl adjacent to an activating group) is 1. The highest BCUT2D eigenvalue weighted by Gasteiger charge is 2.29. The molecule has 0 heterocycles. The maximum Gasteiger partial charge on any atom is 0.407 e. The Hall–Kier alpha value is -4.17. The first-order valence-electron chi connectivity index (χ1n) is 11.2. The number of alkyl carbamates (subject to hydrolysis) is 1. The summed E-state index contributed by atoms with van der Waals surface area (Å²) in [7, 11) is 1.49. The molecule has 3 aromatic rings. The van der Waals surface area contributed by atoms with E-state index in [-0.39, 0.29) is 43.5 Å². The van der Waals surface area contributed by atoms with Crippen LogP contribution in [0.2, 0.25) is 0 Å². The number of para-hydroxylation sites is 1. The molecular formula is C27H26N2O6. The minimum Gasteiger partial charge on any atom is -0.478 e. The Bertz CT molecular complexity index is 1200. The predicted octanol–water partition coefficient (Wildman–Crippen LogP) is 3.90. The fourth-order valence-corrected chi connectivity index (χ4v) is 4.21. The Balaban J connectivity index is 1.20. The van der Waals surface area contributed by atoms with E-state index in [0.29, 0.717) is 0 Å². The summed E-state index contributed by atoms with van der Waals surface area (Å²) < 4.78 is 10.8. The average molecular weight is 475 g/mol. The minimum atomic E-state index is -1.12. The molecule has 4 rings (SSSR count). The molecule has 0 saturated heterocycles. The van der Waals surface area contributed by atoms with Gasteiger partial charge in [0, 0.05) is 19.5 Å². The highest BCUT2D eigenvalue weighted by molar-refractivity contribution is 6.02. The number of aromatic carboxylic acids is 1. The third kappa shape index (κ3) is 5.33. The van der Waals surface area contributed by atoms with Crippen LogP contribution in [0.1, 0.15) is 27.4 Å². The summed E-state index contributed by atoms with van der Waals surface area (Å²) in [6.07, 6.45) is -0.561. The molecule has 3 aromatic carbocycles. The zero-order valence-corrected chi connectivity index (χ0v) is 19.3. The molecule has 0 aliphatic heterocycles. The number of benzene rings is 3. The van der Waals surface area contributed by atoms with E-state index in [4.69, 9.17) is 9.47 Å². The number of amides is 2. The van der Waals surface area contributed by atoms with E-state index in [1.807, 2.05) is 24.3 Å². The average Bonchev–Trinajstić information content (AvgIpc) is 3.20. The van der Waals surface area contributed by atoms with Gasteiger partial charge in [0.05, 0.1) is 17.9 Å². The number of ether oxygens (including phenoxy) is 2. The van der Waals surface area contributed by atoms with E-state index >= 15 is 0 Å². The SMILES string of the molecule is CN(C(=O)COCCNC(=O)OCC1c2ccccc2-c2ccccc21)c1ccccc1C(=O)O. The monoisotopic (exact) mass is 474 g/mol. The maximum absolute atomic E-state index is 12.4. The van der Waals surface area contributed by atoms with Crippen molar-refractivity contribution >= 4 is 23.7 Å². The zero-order chi connectivity index (χ0) is 24.8. The van der Waals surface area contributed by atoms with Gasteiger partial charge in [-0.15, -0.1) is 0 Å². The normalized spacial score (nSPS) is 11.9. The molecule has 0 fully saturated rings. The summed E-state index contributed by atoms with van der Waals surface area (Å²) >= 11 is 0. The third-order valence-electron chi connectivity index (χ3n) is 5.95. The smallest absolute Gasteiger partial charge is 0.407 e. The van der Waals surface area contributed by atoms with Gasteiger partial charge in [0.25, 0.3) is 5.91 Å². The quantitative estimate of drug-likeness (QED) is 0.456. The van der Waals surface area contributed by atoms with Crippen LogP contribution in [0.5, 0.6) is 0 Å². The second kappa shape index (κ2) is 10.8. The van der Waals surface area contributed by atoms with Crippen LogP contribution in [0, 0.1) is 0 Å². The largest absolute Gasteiger partial charge is 0.478 e. The number of hydrogen-bond donors (Lipinski definition) is 2. The number of anilines is 1. The van der Waals surface area contributed by atoms with Crippen LogP contribution in [0.3, 0.4) is 0 Å². The summed E-state index contributed by atoms with van der Waals surface area (Å²) in [5.41, 5.74) is 4.90. The summed E-state index contributed by atoms with van der Waals surface area (Å²) in [5.74, 6) is -1.54. The standard InChI is InChI=1S/C27H26N2O6/c1-29(24-13-7-6-12-22(24)26(31)32)25(30)17-34-15-14-28-27(33)35-16-23-20-10-4-2-8-18(20)19-9-3-5-11-21(19)23/h2-13,23H,14-17H2,1H3,(H,28,33)(H,31,32). The Labute approximate surface area is 203 Å².